The molecular weight excluding hydrogens is 459 g/mol. The molecule has 0 spiro atoms. The number of benzene rings is 1. The predicted molar refractivity (Wildman–Crippen MR) is 134 cm³/mol. The lowest BCUT2D eigenvalue weighted by Crippen LogP contribution is -2.48. The number of halogens is 1. The van der Waals surface area contributed by atoms with Gasteiger partial charge in [0, 0.05) is 23.7 Å². The van der Waals surface area contributed by atoms with E-state index >= 15 is 0 Å². The Morgan fingerprint density at radius 3 is 2.83 bits per heavy atom. The third kappa shape index (κ3) is 5.01. The molecule has 7 atom stereocenters. The molecule has 1 saturated heterocycles. The molecule has 2 saturated carbocycles. The number of hydrogen-bond donors (Lipinski definition) is 1. The maximum absolute atomic E-state index is 13.6. The number of alkyl carbamates (subject to hydrolysis) is 1. The molecule has 190 valence electrons. The molecular formula is C29H33FN2O4. The zero-order valence-corrected chi connectivity index (χ0v) is 20.7. The SMILES string of the molecule is CCOC(=O)N[C@H]1CC[C@H]2[C@@H](C1)C[C@H]1C(=O)O[C@H](C)[C@@H]1[C@@H]2/C=C/c1ccc(-c2cccc(F)c2)cn1. The van der Waals surface area contributed by atoms with Crippen LogP contribution in [0.3, 0.4) is 0 Å². The van der Waals surface area contributed by atoms with Crippen LogP contribution < -0.4 is 5.32 Å². The molecule has 2 aromatic rings. The van der Waals surface area contributed by atoms with Gasteiger partial charge in [0.15, 0.2) is 0 Å². The summed E-state index contributed by atoms with van der Waals surface area (Å²) >= 11 is 0. The van der Waals surface area contributed by atoms with Crippen molar-refractivity contribution < 1.29 is 23.5 Å². The van der Waals surface area contributed by atoms with Gasteiger partial charge in [-0.15, -0.1) is 0 Å². The number of nitrogens with zero attached hydrogens (tertiary/aromatic N) is 1. The number of hydrogen-bond acceptors (Lipinski definition) is 5. The molecule has 1 N–H and O–H groups in total. The monoisotopic (exact) mass is 492 g/mol. The smallest absolute Gasteiger partial charge is 0.407 e. The van der Waals surface area contributed by atoms with Gasteiger partial charge < -0.3 is 14.8 Å². The van der Waals surface area contributed by atoms with E-state index in [0.717, 1.165) is 42.5 Å². The number of cyclic esters (lactones) is 1. The second-order valence-electron chi connectivity index (χ2n) is 10.3. The first-order valence-corrected chi connectivity index (χ1v) is 13.0. The van der Waals surface area contributed by atoms with Gasteiger partial charge in [-0.2, -0.15) is 0 Å². The van der Waals surface area contributed by atoms with Gasteiger partial charge in [-0.3, -0.25) is 9.78 Å². The highest BCUT2D eigenvalue weighted by Gasteiger charge is 2.54. The van der Waals surface area contributed by atoms with E-state index in [0.29, 0.717) is 18.4 Å². The van der Waals surface area contributed by atoms with Crippen LogP contribution in [0.25, 0.3) is 17.2 Å². The Morgan fingerprint density at radius 2 is 2.08 bits per heavy atom. The van der Waals surface area contributed by atoms with E-state index in [1.54, 1.807) is 19.2 Å². The second-order valence-corrected chi connectivity index (χ2v) is 10.3. The molecule has 3 aliphatic rings. The Kier molecular flexibility index (Phi) is 7.08. The molecule has 0 radical (unpaired) electrons. The van der Waals surface area contributed by atoms with Gasteiger partial charge in [-0.05, 0) is 87.1 Å². The predicted octanol–water partition coefficient (Wildman–Crippen LogP) is 5.63. The van der Waals surface area contributed by atoms with E-state index in [-0.39, 0.29) is 47.8 Å². The standard InChI is InChI=1S/C29H33FN2O4/c1-3-35-29(34)32-23-10-11-24-20(14-23)15-26-27(17(2)36-28(26)33)25(24)12-9-22-8-7-19(16-31-22)18-5-4-6-21(30)13-18/h4-9,12-13,16-17,20,23-27H,3,10-11,14-15H2,1-2H3,(H,32,34)/b12-9+/t17-,20+,23+,24+,25-,26-,27-/m1/s1. The number of fused-ring (bicyclic) bond motifs is 2. The summed E-state index contributed by atoms with van der Waals surface area (Å²) in [6, 6.07) is 10.4. The van der Waals surface area contributed by atoms with Crippen molar-refractivity contribution in [2.75, 3.05) is 6.61 Å². The molecule has 2 aliphatic carbocycles. The Bertz CT molecular complexity index is 1130. The third-order valence-corrected chi connectivity index (χ3v) is 8.18. The van der Waals surface area contributed by atoms with Gasteiger partial charge in [0.25, 0.3) is 0 Å². The van der Waals surface area contributed by atoms with Crippen LogP contribution in [-0.2, 0) is 14.3 Å². The summed E-state index contributed by atoms with van der Waals surface area (Å²) in [4.78, 5) is 29.2. The lowest BCUT2D eigenvalue weighted by Gasteiger charge is -2.47. The summed E-state index contributed by atoms with van der Waals surface area (Å²) in [6.45, 7) is 4.15. The van der Waals surface area contributed by atoms with Crippen molar-refractivity contribution in [2.45, 2.75) is 51.7 Å². The van der Waals surface area contributed by atoms with Crippen LogP contribution in [0.2, 0.25) is 0 Å². The van der Waals surface area contributed by atoms with E-state index in [9.17, 15) is 14.0 Å². The van der Waals surface area contributed by atoms with Crippen molar-refractivity contribution in [3.8, 4) is 11.1 Å². The number of esters is 1. The van der Waals surface area contributed by atoms with E-state index in [2.05, 4.69) is 16.4 Å². The molecule has 3 fully saturated rings. The van der Waals surface area contributed by atoms with Crippen LogP contribution in [0.15, 0.2) is 48.7 Å². The summed E-state index contributed by atoms with van der Waals surface area (Å²) in [7, 11) is 0. The van der Waals surface area contributed by atoms with Crippen molar-refractivity contribution in [1.29, 1.82) is 0 Å². The minimum Gasteiger partial charge on any atom is -0.462 e. The largest absolute Gasteiger partial charge is 0.462 e. The molecule has 0 bridgehead atoms. The molecule has 6 nitrogen and oxygen atoms in total. The Morgan fingerprint density at radius 1 is 1.22 bits per heavy atom. The molecule has 0 unspecified atom stereocenters. The number of amides is 1. The topological polar surface area (TPSA) is 77.5 Å². The Balaban J connectivity index is 1.34. The van der Waals surface area contributed by atoms with Crippen LogP contribution in [0.1, 0.15) is 45.2 Å². The number of aromatic nitrogens is 1. The van der Waals surface area contributed by atoms with Crippen LogP contribution in [-0.4, -0.2) is 35.8 Å². The van der Waals surface area contributed by atoms with E-state index in [4.69, 9.17) is 9.47 Å². The van der Waals surface area contributed by atoms with E-state index in [1.807, 2.05) is 31.2 Å². The van der Waals surface area contributed by atoms with E-state index in [1.165, 1.54) is 12.1 Å². The molecule has 1 amide bonds. The molecule has 5 rings (SSSR count). The van der Waals surface area contributed by atoms with Crippen molar-refractivity contribution in [2.24, 2.45) is 29.6 Å². The number of rotatable bonds is 5. The maximum Gasteiger partial charge on any atom is 0.407 e. The number of pyridine rings is 1. The first-order valence-electron chi connectivity index (χ1n) is 13.0. The van der Waals surface area contributed by atoms with Gasteiger partial charge in [0.2, 0.25) is 0 Å². The third-order valence-electron chi connectivity index (χ3n) is 8.18. The highest BCUT2D eigenvalue weighted by atomic mass is 19.1. The number of carbonyl (C=O) groups is 2. The molecule has 2 heterocycles. The van der Waals surface area contributed by atoms with Crippen molar-refractivity contribution in [3.05, 3.63) is 60.2 Å². The van der Waals surface area contributed by atoms with Gasteiger partial charge in [-0.25, -0.2) is 9.18 Å². The van der Waals surface area contributed by atoms with Crippen molar-refractivity contribution in [1.82, 2.24) is 10.3 Å². The number of nitrogens with one attached hydrogen (secondary N) is 1. The van der Waals surface area contributed by atoms with Crippen molar-refractivity contribution >= 4 is 18.1 Å². The zero-order chi connectivity index (χ0) is 25.2. The zero-order valence-electron chi connectivity index (χ0n) is 20.7. The van der Waals surface area contributed by atoms with Crippen LogP contribution >= 0.6 is 0 Å². The fraction of sp³-hybridized carbons (Fsp3) is 0.483. The van der Waals surface area contributed by atoms with Crippen LogP contribution in [0.4, 0.5) is 9.18 Å². The minimum absolute atomic E-state index is 0.0679. The number of allylic oxidation sites excluding steroid dienone is 1. The normalized spacial score (nSPS) is 31.4. The van der Waals surface area contributed by atoms with Crippen molar-refractivity contribution in [3.63, 3.8) is 0 Å². The number of carbonyl (C=O) groups excluding carboxylic acids is 2. The first kappa shape index (κ1) is 24.5. The highest BCUT2D eigenvalue weighted by molar-refractivity contribution is 5.75. The van der Waals surface area contributed by atoms with Gasteiger partial charge in [0.1, 0.15) is 11.9 Å². The molecule has 7 heteroatoms. The van der Waals surface area contributed by atoms with E-state index < -0.39 is 0 Å². The molecule has 1 aliphatic heterocycles. The summed E-state index contributed by atoms with van der Waals surface area (Å²) in [5.41, 5.74) is 2.48. The summed E-state index contributed by atoms with van der Waals surface area (Å²) in [5, 5.41) is 3.00. The quantitative estimate of drug-likeness (QED) is 0.548. The average Bonchev–Trinajstić information content (AvgIpc) is 3.15. The molecule has 1 aromatic carbocycles. The van der Waals surface area contributed by atoms with Crippen LogP contribution in [0, 0.1) is 35.4 Å². The Hall–Kier alpha value is -3.22. The molecule has 1 aromatic heterocycles. The maximum atomic E-state index is 13.6. The lowest BCUT2D eigenvalue weighted by atomic mass is 9.57. The summed E-state index contributed by atoms with van der Waals surface area (Å²) < 4.78 is 24.3. The lowest BCUT2D eigenvalue weighted by molar-refractivity contribution is -0.144. The summed E-state index contributed by atoms with van der Waals surface area (Å²) in [5.74, 6) is 0.629. The minimum atomic E-state index is -0.368. The van der Waals surface area contributed by atoms with Crippen LogP contribution in [0.5, 0.6) is 0 Å². The van der Waals surface area contributed by atoms with Gasteiger partial charge >= 0.3 is 12.1 Å². The van der Waals surface area contributed by atoms with Gasteiger partial charge in [-0.1, -0.05) is 24.3 Å². The molecule has 36 heavy (non-hydrogen) atoms. The summed E-state index contributed by atoms with van der Waals surface area (Å²) in [6.07, 6.45) is 9.07. The second kappa shape index (κ2) is 10.4. The average molecular weight is 493 g/mol. The highest BCUT2D eigenvalue weighted by Crippen LogP contribution is 2.53. The Labute approximate surface area is 211 Å². The fourth-order valence-corrected chi connectivity index (χ4v) is 6.64. The fourth-order valence-electron chi connectivity index (χ4n) is 6.64. The first-order chi connectivity index (χ1) is 17.4. The number of ether oxygens (including phenoxy) is 2. The van der Waals surface area contributed by atoms with Gasteiger partial charge in [0.05, 0.1) is 18.2 Å².